The van der Waals surface area contributed by atoms with E-state index in [1.165, 1.54) is 17.4 Å². The van der Waals surface area contributed by atoms with Gasteiger partial charge in [0.25, 0.3) is 0 Å². The standard InChI is InChI=1S/C8H7NO2S2/c1-13(10,11)6-2-3-7-8(4-6)12-5-9-7/h2-5H,1H3/i5D. The second kappa shape index (κ2) is 2.78. The Morgan fingerprint density at radius 1 is 1.54 bits per heavy atom. The number of hydrogen-bond donors (Lipinski definition) is 0. The average Bonchev–Trinajstić information content (AvgIpc) is 2.41. The SMILES string of the molecule is [2H]c1nc2ccc(S(C)(=O)=O)cc2s1. The van der Waals surface area contributed by atoms with Gasteiger partial charge in [-0.15, -0.1) is 11.3 Å². The van der Waals surface area contributed by atoms with Crippen molar-refractivity contribution in [2.24, 2.45) is 0 Å². The van der Waals surface area contributed by atoms with E-state index in [2.05, 4.69) is 4.98 Å². The lowest BCUT2D eigenvalue weighted by molar-refractivity contribution is 0.602. The van der Waals surface area contributed by atoms with Crippen LogP contribution >= 0.6 is 11.3 Å². The molecule has 0 aliphatic heterocycles. The molecule has 0 aliphatic rings. The summed E-state index contributed by atoms with van der Waals surface area (Å²) in [5.74, 6) is 0. The normalized spacial score (nSPS) is 13.2. The van der Waals surface area contributed by atoms with Gasteiger partial charge in [-0.05, 0) is 18.2 Å². The third-order valence-electron chi connectivity index (χ3n) is 1.68. The molecule has 2 rings (SSSR count). The fraction of sp³-hybridized carbons (Fsp3) is 0.125. The minimum Gasteiger partial charge on any atom is -0.245 e. The zero-order valence-electron chi connectivity index (χ0n) is 7.81. The third-order valence-corrected chi connectivity index (χ3v) is 3.52. The number of nitrogens with zero attached hydrogens (tertiary/aromatic N) is 1. The molecule has 1 aromatic carbocycles. The lowest BCUT2D eigenvalue weighted by Crippen LogP contribution is -1.95. The van der Waals surface area contributed by atoms with Crippen LogP contribution in [0, 0.1) is 0 Å². The molecule has 0 saturated heterocycles. The Balaban J connectivity index is 2.74. The van der Waals surface area contributed by atoms with E-state index in [1.807, 2.05) is 0 Å². The van der Waals surface area contributed by atoms with Crippen LogP contribution in [-0.4, -0.2) is 19.7 Å². The maximum atomic E-state index is 11.2. The molecule has 0 atom stereocenters. The van der Waals surface area contributed by atoms with Crippen LogP contribution in [0.3, 0.4) is 0 Å². The quantitative estimate of drug-likeness (QED) is 0.726. The first kappa shape index (κ1) is 7.46. The third kappa shape index (κ3) is 1.57. The molecular weight excluding hydrogens is 206 g/mol. The molecule has 0 saturated carbocycles. The van der Waals surface area contributed by atoms with Gasteiger partial charge in [0, 0.05) is 6.26 Å². The molecular formula is C8H7NO2S2. The topological polar surface area (TPSA) is 47.0 Å². The lowest BCUT2D eigenvalue weighted by atomic mass is 10.3. The van der Waals surface area contributed by atoms with Gasteiger partial charge in [0.15, 0.2) is 9.84 Å². The van der Waals surface area contributed by atoms with Crippen LogP contribution in [0.15, 0.2) is 28.6 Å². The second-order valence-electron chi connectivity index (χ2n) is 2.71. The van der Waals surface area contributed by atoms with Gasteiger partial charge in [-0.2, -0.15) is 0 Å². The average molecular weight is 214 g/mol. The fourth-order valence-corrected chi connectivity index (χ4v) is 2.39. The van der Waals surface area contributed by atoms with Crippen molar-refractivity contribution in [3.8, 4) is 0 Å². The zero-order valence-corrected chi connectivity index (χ0v) is 8.45. The Kier molecular flexibility index (Phi) is 1.60. The van der Waals surface area contributed by atoms with Gasteiger partial charge < -0.3 is 0 Å². The maximum absolute atomic E-state index is 11.2. The number of hydrogen-bond acceptors (Lipinski definition) is 4. The maximum Gasteiger partial charge on any atom is 0.175 e. The smallest absolute Gasteiger partial charge is 0.175 e. The molecule has 0 bridgehead atoms. The Bertz CT molecular complexity index is 588. The van der Waals surface area contributed by atoms with Crippen LogP contribution in [0.4, 0.5) is 0 Å². The molecule has 68 valence electrons. The summed E-state index contributed by atoms with van der Waals surface area (Å²) in [4.78, 5) is 4.20. The highest BCUT2D eigenvalue weighted by Crippen LogP contribution is 2.21. The monoisotopic (exact) mass is 214 g/mol. The van der Waals surface area contributed by atoms with Crippen LogP contribution in [0.25, 0.3) is 10.2 Å². The summed E-state index contributed by atoms with van der Waals surface area (Å²) < 4.78 is 30.5. The Morgan fingerprint density at radius 3 is 3.00 bits per heavy atom. The highest BCUT2D eigenvalue weighted by molar-refractivity contribution is 7.90. The van der Waals surface area contributed by atoms with Crippen LogP contribution in [0.2, 0.25) is 0 Å². The van der Waals surface area contributed by atoms with Crippen LogP contribution in [-0.2, 0) is 9.84 Å². The lowest BCUT2D eigenvalue weighted by Gasteiger charge is -1.96. The van der Waals surface area contributed by atoms with Gasteiger partial charge in [0.05, 0.1) is 22.0 Å². The van der Waals surface area contributed by atoms with Gasteiger partial charge in [0.2, 0.25) is 0 Å². The summed E-state index contributed by atoms with van der Waals surface area (Å²) in [6.45, 7) is 0. The van der Waals surface area contributed by atoms with Crippen molar-refractivity contribution in [2.45, 2.75) is 4.90 Å². The van der Waals surface area contributed by atoms with E-state index in [0.717, 1.165) is 11.0 Å². The summed E-state index contributed by atoms with van der Waals surface area (Å²) in [7, 11) is -3.17. The minimum atomic E-state index is -3.17. The van der Waals surface area contributed by atoms with Crippen molar-refractivity contribution in [1.82, 2.24) is 4.98 Å². The molecule has 5 heteroatoms. The molecule has 0 spiro atoms. The van der Waals surface area contributed by atoms with Crippen molar-refractivity contribution >= 4 is 31.4 Å². The minimum absolute atomic E-state index is 0.200. The molecule has 1 heterocycles. The molecule has 0 aliphatic carbocycles. The molecule has 0 amide bonds. The first-order valence-corrected chi connectivity index (χ1v) is 6.25. The number of rotatable bonds is 1. The van der Waals surface area contributed by atoms with Crippen molar-refractivity contribution < 1.29 is 9.79 Å². The van der Waals surface area contributed by atoms with Crippen LogP contribution < -0.4 is 0 Å². The number of sulfone groups is 1. The first-order chi connectivity index (χ1) is 6.47. The fourth-order valence-electron chi connectivity index (χ4n) is 1.02. The molecule has 2 aromatic rings. The highest BCUT2D eigenvalue weighted by Gasteiger charge is 2.07. The van der Waals surface area contributed by atoms with E-state index in [4.69, 9.17) is 1.37 Å². The van der Waals surface area contributed by atoms with Crippen molar-refractivity contribution in [2.75, 3.05) is 6.26 Å². The number of thiazole rings is 1. The molecule has 13 heavy (non-hydrogen) atoms. The largest absolute Gasteiger partial charge is 0.245 e. The predicted molar refractivity (Wildman–Crippen MR) is 52.7 cm³/mol. The van der Waals surface area contributed by atoms with E-state index in [0.29, 0.717) is 5.52 Å². The molecule has 3 nitrogen and oxygen atoms in total. The Labute approximate surface area is 81.4 Å². The van der Waals surface area contributed by atoms with Crippen molar-refractivity contribution in [3.63, 3.8) is 0 Å². The Morgan fingerprint density at radius 2 is 2.31 bits per heavy atom. The summed E-state index contributed by atoms with van der Waals surface area (Å²) in [5, 5.41) is 0. The highest BCUT2D eigenvalue weighted by atomic mass is 32.2. The predicted octanol–water partition coefficient (Wildman–Crippen LogP) is 1.70. The molecule has 1 aromatic heterocycles. The number of aromatic nitrogens is 1. The van der Waals surface area contributed by atoms with E-state index >= 15 is 0 Å². The Hall–Kier alpha value is -0.940. The van der Waals surface area contributed by atoms with Gasteiger partial charge in [0.1, 0.15) is 0 Å². The van der Waals surface area contributed by atoms with E-state index in [9.17, 15) is 8.42 Å². The molecule has 0 unspecified atom stereocenters. The molecule has 0 N–H and O–H groups in total. The van der Waals surface area contributed by atoms with Crippen molar-refractivity contribution in [3.05, 3.63) is 23.7 Å². The van der Waals surface area contributed by atoms with Gasteiger partial charge >= 0.3 is 0 Å². The van der Waals surface area contributed by atoms with E-state index < -0.39 is 9.84 Å². The van der Waals surface area contributed by atoms with Crippen LogP contribution in [0.5, 0.6) is 0 Å². The molecule has 0 fully saturated rings. The van der Waals surface area contributed by atoms with E-state index in [-0.39, 0.29) is 10.4 Å². The van der Waals surface area contributed by atoms with Gasteiger partial charge in [-0.25, -0.2) is 13.4 Å². The number of fused-ring (bicyclic) bond motifs is 1. The first-order valence-electron chi connectivity index (χ1n) is 4.04. The summed E-state index contributed by atoms with van der Waals surface area (Å²) >= 11 is 1.17. The van der Waals surface area contributed by atoms with Crippen LogP contribution in [0.1, 0.15) is 1.37 Å². The van der Waals surface area contributed by atoms with Gasteiger partial charge in [-0.1, -0.05) is 0 Å². The second-order valence-corrected chi connectivity index (χ2v) is 5.55. The van der Waals surface area contributed by atoms with E-state index in [1.54, 1.807) is 12.1 Å². The summed E-state index contributed by atoms with van der Waals surface area (Å²) in [5.41, 5.74) is 0.873. The number of benzene rings is 1. The molecule has 0 radical (unpaired) electrons. The summed E-state index contributed by atoms with van der Waals surface area (Å²) in [6, 6.07) is 4.69. The van der Waals surface area contributed by atoms with Gasteiger partial charge in [-0.3, -0.25) is 0 Å². The van der Waals surface area contributed by atoms with Crippen molar-refractivity contribution in [1.29, 1.82) is 0 Å². The zero-order chi connectivity index (χ0) is 10.3. The summed E-state index contributed by atoms with van der Waals surface area (Å²) in [6.07, 6.45) is 1.16.